The number of carbonyl (C=O) groups is 1. The van der Waals surface area contributed by atoms with Crippen LogP contribution in [0.3, 0.4) is 0 Å². The number of amides is 1. The van der Waals surface area contributed by atoms with Crippen molar-refractivity contribution in [1.82, 2.24) is 9.88 Å². The van der Waals surface area contributed by atoms with E-state index in [9.17, 15) is 18.3 Å². The molecule has 3 aromatic rings. The molecule has 1 aromatic carbocycles. The number of nitrogens with two attached hydrogens (primary N) is 1. The lowest BCUT2D eigenvalue weighted by atomic mass is 9.96. The summed E-state index contributed by atoms with van der Waals surface area (Å²) in [5.41, 5.74) is 6.73. The predicted molar refractivity (Wildman–Crippen MR) is 132 cm³/mol. The Morgan fingerprint density at radius 3 is 2.76 bits per heavy atom. The van der Waals surface area contributed by atoms with E-state index in [2.05, 4.69) is 15.2 Å². The van der Waals surface area contributed by atoms with Gasteiger partial charge >= 0.3 is 0 Å². The van der Waals surface area contributed by atoms with Gasteiger partial charge in [0.2, 0.25) is 5.91 Å². The van der Waals surface area contributed by atoms with Gasteiger partial charge in [0.25, 0.3) is 10.0 Å². The number of aliphatic hydroxyl groups is 1. The van der Waals surface area contributed by atoms with Crippen LogP contribution in [-0.2, 0) is 14.8 Å². The van der Waals surface area contributed by atoms with Crippen molar-refractivity contribution in [3.8, 4) is 0 Å². The van der Waals surface area contributed by atoms with Gasteiger partial charge in [-0.3, -0.25) is 9.10 Å². The first-order valence-electron chi connectivity index (χ1n) is 10.7. The summed E-state index contributed by atoms with van der Waals surface area (Å²) >= 11 is 2.44. The van der Waals surface area contributed by atoms with E-state index in [1.165, 1.54) is 15.6 Å². The molecular formula is C21H27N5O4S3. The van der Waals surface area contributed by atoms with Crippen LogP contribution in [-0.4, -0.2) is 68.6 Å². The van der Waals surface area contributed by atoms with Crippen molar-refractivity contribution < 1.29 is 18.3 Å². The Morgan fingerprint density at radius 1 is 1.30 bits per heavy atom. The van der Waals surface area contributed by atoms with Gasteiger partial charge < -0.3 is 21.1 Å². The normalized spacial score (nSPS) is 15.7. The van der Waals surface area contributed by atoms with Gasteiger partial charge in [0.1, 0.15) is 4.21 Å². The minimum Gasteiger partial charge on any atom is -0.394 e. The fourth-order valence-electron chi connectivity index (χ4n) is 3.93. The van der Waals surface area contributed by atoms with Crippen molar-refractivity contribution in [3.63, 3.8) is 0 Å². The number of aliphatic hydroxyl groups excluding tert-OH is 1. The molecule has 0 bridgehead atoms. The highest BCUT2D eigenvalue weighted by atomic mass is 32.2. The van der Waals surface area contributed by atoms with E-state index >= 15 is 0 Å². The number of likely N-dealkylation sites (tertiary alicyclic amines) is 1. The van der Waals surface area contributed by atoms with Crippen LogP contribution in [0.4, 0.5) is 10.8 Å². The summed E-state index contributed by atoms with van der Waals surface area (Å²) in [4.78, 5) is 19.5. The number of nitrogens with one attached hydrogen (secondary N) is 1. The number of nitrogens with zero attached hydrogens (tertiary/aromatic N) is 3. The van der Waals surface area contributed by atoms with Crippen molar-refractivity contribution in [2.75, 3.05) is 49.0 Å². The Bertz CT molecular complexity index is 1190. The Balaban J connectivity index is 1.50. The lowest BCUT2D eigenvalue weighted by Crippen LogP contribution is -2.40. The third-order valence-corrected chi connectivity index (χ3v) is 9.77. The zero-order chi connectivity index (χ0) is 23.4. The molecule has 0 atom stereocenters. The molecule has 4 N–H and O–H groups in total. The number of thiazole rings is 1. The van der Waals surface area contributed by atoms with Gasteiger partial charge in [-0.15, -0.1) is 11.3 Å². The number of sulfonamides is 1. The van der Waals surface area contributed by atoms with E-state index in [1.54, 1.807) is 35.7 Å². The second kappa shape index (κ2) is 10.5. The molecule has 0 unspecified atom stereocenters. The van der Waals surface area contributed by atoms with E-state index in [-0.39, 0.29) is 29.2 Å². The summed E-state index contributed by atoms with van der Waals surface area (Å²) in [7, 11) is -3.78. The van der Waals surface area contributed by atoms with Crippen molar-refractivity contribution in [1.29, 1.82) is 0 Å². The average molecular weight is 510 g/mol. The Kier molecular flexibility index (Phi) is 7.62. The maximum atomic E-state index is 13.1. The SMILES string of the molecule is NCCN1CCC(C(=O)Nc2nc3ccc(N(CCO)S(=O)(=O)c4cccs4)cc3s2)CC1. The monoisotopic (exact) mass is 509 g/mol. The molecule has 1 aliphatic heterocycles. The number of hydrogen-bond donors (Lipinski definition) is 3. The van der Waals surface area contributed by atoms with Gasteiger partial charge in [-0.05, 0) is 55.6 Å². The van der Waals surface area contributed by atoms with E-state index in [0.717, 1.165) is 48.5 Å². The lowest BCUT2D eigenvalue weighted by Gasteiger charge is -2.30. The second-order valence-electron chi connectivity index (χ2n) is 7.80. The molecular weight excluding hydrogens is 482 g/mol. The standard InChI is InChI=1S/C21H27N5O4S3/c22-7-10-25-8-5-15(6-9-25)20(28)24-21-23-17-4-3-16(14-18(17)32-21)26(11-12-27)33(29,30)19-2-1-13-31-19/h1-4,13-15,27H,5-12,22H2,(H,23,24,28). The highest BCUT2D eigenvalue weighted by Crippen LogP contribution is 2.33. The van der Waals surface area contributed by atoms with Crippen molar-refractivity contribution in [2.45, 2.75) is 17.1 Å². The molecule has 0 aliphatic carbocycles. The van der Waals surface area contributed by atoms with Crippen LogP contribution in [0, 0.1) is 5.92 Å². The molecule has 1 aliphatic rings. The van der Waals surface area contributed by atoms with Gasteiger partial charge in [-0.25, -0.2) is 13.4 Å². The number of aromatic nitrogens is 1. The topological polar surface area (TPSA) is 129 Å². The van der Waals surface area contributed by atoms with Crippen LogP contribution in [0.2, 0.25) is 0 Å². The maximum Gasteiger partial charge on any atom is 0.273 e. The summed E-state index contributed by atoms with van der Waals surface area (Å²) in [6.45, 7) is 2.82. The lowest BCUT2D eigenvalue weighted by molar-refractivity contribution is -0.121. The van der Waals surface area contributed by atoms with Crippen molar-refractivity contribution >= 4 is 59.6 Å². The predicted octanol–water partition coefficient (Wildman–Crippen LogP) is 2.15. The summed E-state index contributed by atoms with van der Waals surface area (Å²) in [6.07, 6.45) is 1.58. The molecule has 0 radical (unpaired) electrons. The quantitative estimate of drug-likeness (QED) is 0.403. The molecule has 12 heteroatoms. The zero-order valence-electron chi connectivity index (χ0n) is 18.0. The van der Waals surface area contributed by atoms with Crippen LogP contribution in [0.1, 0.15) is 12.8 Å². The number of rotatable bonds is 9. The fraction of sp³-hybridized carbons (Fsp3) is 0.429. The van der Waals surface area contributed by atoms with Crippen LogP contribution >= 0.6 is 22.7 Å². The Morgan fingerprint density at radius 2 is 2.09 bits per heavy atom. The third kappa shape index (κ3) is 5.36. The number of carbonyl (C=O) groups excluding carboxylic acids is 1. The molecule has 4 rings (SSSR count). The second-order valence-corrected chi connectivity index (χ2v) is 11.9. The molecule has 178 valence electrons. The van der Waals surface area contributed by atoms with Gasteiger partial charge in [0, 0.05) is 19.0 Å². The van der Waals surface area contributed by atoms with E-state index in [4.69, 9.17) is 5.73 Å². The molecule has 0 spiro atoms. The highest BCUT2D eigenvalue weighted by Gasteiger charge is 2.27. The Hall–Kier alpha value is -2.09. The molecule has 1 saturated heterocycles. The number of anilines is 2. The molecule has 1 amide bonds. The smallest absolute Gasteiger partial charge is 0.273 e. The highest BCUT2D eigenvalue weighted by molar-refractivity contribution is 7.94. The molecule has 2 aromatic heterocycles. The fourth-order valence-corrected chi connectivity index (χ4v) is 7.38. The maximum absolute atomic E-state index is 13.1. The molecule has 0 saturated carbocycles. The molecule has 3 heterocycles. The minimum atomic E-state index is -3.78. The number of fused-ring (bicyclic) bond motifs is 1. The molecule has 9 nitrogen and oxygen atoms in total. The van der Waals surface area contributed by atoms with Gasteiger partial charge in [0.05, 0.1) is 29.1 Å². The average Bonchev–Trinajstić information content (AvgIpc) is 3.48. The van der Waals surface area contributed by atoms with Gasteiger partial charge in [-0.1, -0.05) is 17.4 Å². The van der Waals surface area contributed by atoms with Crippen LogP contribution in [0.15, 0.2) is 39.9 Å². The molecule has 1 fully saturated rings. The first-order chi connectivity index (χ1) is 15.9. The number of piperidine rings is 1. The van der Waals surface area contributed by atoms with Crippen LogP contribution in [0.5, 0.6) is 0 Å². The molecule has 33 heavy (non-hydrogen) atoms. The largest absolute Gasteiger partial charge is 0.394 e. The first kappa shape index (κ1) is 24.0. The zero-order valence-corrected chi connectivity index (χ0v) is 20.5. The van der Waals surface area contributed by atoms with E-state index in [0.29, 0.717) is 22.9 Å². The van der Waals surface area contributed by atoms with Gasteiger partial charge in [0.15, 0.2) is 5.13 Å². The van der Waals surface area contributed by atoms with E-state index < -0.39 is 10.0 Å². The first-order valence-corrected chi connectivity index (χ1v) is 13.9. The van der Waals surface area contributed by atoms with Crippen LogP contribution < -0.4 is 15.4 Å². The number of benzene rings is 1. The Labute approximate surface area is 200 Å². The van der Waals surface area contributed by atoms with E-state index in [1.807, 2.05) is 0 Å². The minimum absolute atomic E-state index is 0.0381. The van der Waals surface area contributed by atoms with Crippen LogP contribution in [0.25, 0.3) is 10.2 Å². The summed E-state index contributed by atoms with van der Waals surface area (Å²) < 4.78 is 28.3. The van der Waals surface area contributed by atoms with Crippen molar-refractivity contribution in [2.24, 2.45) is 11.7 Å². The third-order valence-electron chi connectivity index (χ3n) is 5.64. The number of thiophene rings is 1. The summed E-state index contributed by atoms with van der Waals surface area (Å²) in [6, 6.07) is 8.36. The van der Waals surface area contributed by atoms with Crippen molar-refractivity contribution in [3.05, 3.63) is 35.7 Å². The van der Waals surface area contributed by atoms with Gasteiger partial charge in [-0.2, -0.15) is 0 Å². The summed E-state index contributed by atoms with van der Waals surface area (Å²) in [5, 5.41) is 14.6. The summed E-state index contributed by atoms with van der Waals surface area (Å²) in [5.74, 6) is -0.0959. The number of hydrogen-bond acceptors (Lipinski definition) is 9.